The summed E-state index contributed by atoms with van der Waals surface area (Å²) in [4.78, 5) is 2.28. The SMILES string of the molecule is CC(C)CCN(C)c1cc(Br)ccc1CCl. The van der Waals surface area contributed by atoms with E-state index in [0.29, 0.717) is 5.88 Å². The van der Waals surface area contributed by atoms with Gasteiger partial charge in [0.1, 0.15) is 0 Å². The van der Waals surface area contributed by atoms with Crippen molar-refractivity contribution in [1.82, 2.24) is 0 Å². The van der Waals surface area contributed by atoms with E-state index in [-0.39, 0.29) is 0 Å². The van der Waals surface area contributed by atoms with E-state index in [1.807, 2.05) is 6.07 Å². The lowest BCUT2D eigenvalue weighted by Gasteiger charge is -2.23. The molecule has 0 aliphatic rings. The minimum absolute atomic E-state index is 0.564. The zero-order valence-electron chi connectivity index (χ0n) is 10.1. The summed E-state index contributed by atoms with van der Waals surface area (Å²) in [5.74, 6) is 1.29. The normalized spacial score (nSPS) is 10.9. The summed E-state index contributed by atoms with van der Waals surface area (Å²) in [5.41, 5.74) is 2.42. The Morgan fingerprint density at radius 2 is 2.06 bits per heavy atom. The van der Waals surface area contributed by atoms with Crippen molar-refractivity contribution in [2.45, 2.75) is 26.1 Å². The van der Waals surface area contributed by atoms with Crippen LogP contribution in [0.5, 0.6) is 0 Å². The zero-order valence-corrected chi connectivity index (χ0v) is 12.5. The topological polar surface area (TPSA) is 3.24 Å². The van der Waals surface area contributed by atoms with Crippen LogP contribution in [0.2, 0.25) is 0 Å². The quantitative estimate of drug-likeness (QED) is 0.715. The number of nitrogens with zero attached hydrogens (tertiary/aromatic N) is 1. The van der Waals surface area contributed by atoms with Crippen LogP contribution in [-0.4, -0.2) is 13.6 Å². The van der Waals surface area contributed by atoms with Crippen LogP contribution >= 0.6 is 27.5 Å². The summed E-state index contributed by atoms with van der Waals surface area (Å²) in [6, 6.07) is 6.26. The van der Waals surface area contributed by atoms with Crippen molar-refractivity contribution in [3.63, 3.8) is 0 Å². The maximum absolute atomic E-state index is 5.95. The lowest BCUT2D eigenvalue weighted by molar-refractivity contribution is 0.585. The predicted molar refractivity (Wildman–Crippen MR) is 76.4 cm³/mol. The third-order valence-electron chi connectivity index (χ3n) is 2.64. The Labute approximate surface area is 112 Å². The molecule has 0 atom stereocenters. The van der Waals surface area contributed by atoms with Crippen LogP contribution in [0.15, 0.2) is 22.7 Å². The van der Waals surface area contributed by atoms with Crippen molar-refractivity contribution in [2.24, 2.45) is 5.92 Å². The minimum Gasteiger partial charge on any atom is -0.374 e. The Morgan fingerprint density at radius 3 is 2.62 bits per heavy atom. The van der Waals surface area contributed by atoms with Crippen LogP contribution in [0.4, 0.5) is 5.69 Å². The monoisotopic (exact) mass is 303 g/mol. The van der Waals surface area contributed by atoms with Gasteiger partial charge < -0.3 is 4.90 Å². The highest BCUT2D eigenvalue weighted by Gasteiger charge is 2.08. The smallest absolute Gasteiger partial charge is 0.0494 e. The van der Waals surface area contributed by atoms with E-state index in [1.165, 1.54) is 17.7 Å². The largest absolute Gasteiger partial charge is 0.374 e. The van der Waals surface area contributed by atoms with Gasteiger partial charge in [0.2, 0.25) is 0 Å². The van der Waals surface area contributed by atoms with E-state index in [1.54, 1.807) is 0 Å². The molecule has 0 fully saturated rings. The van der Waals surface area contributed by atoms with Crippen LogP contribution < -0.4 is 4.90 Å². The average Bonchev–Trinajstić information content (AvgIpc) is 2.25. The number of alkyl halides is 1. The second kappa shape index (κ2) is 6.51. The van der Waals surface area contributed by atoms with Crippen molar-refractivity contribution in [3.8, 4) is 0 Å². The lowest BCUT2D eigenvalue weighted by Crippen LogP contribution is -2.21. The second-order valence-electron chi connectivity index (χ2n) is 4.51. The molecule has 0 N–H and O–H groups in total. The molecule has 1 rings (SSSR count). The van der Waals surface area contributed by atoms with Gasteiger partial charge in [-0.1, -0.05) is 35.8 Å². The third-order valence-corrected chi connectivity index (χ3v) is 3.43. The van der Waals surface area contributed by atoms with Gasteiger partial charge in [-0.05, 0) is 30.0 Å². The fraction of sp³-hybridized carbons (Fsp3) is 0.538. The molecule has 0 bridgehead atoms. The molecule has 0 aliphatic heterocycles. The molecule has 1 aromatic carbocycles. The van der Waals surface area contributed by atoms with E-state index in [4.69, 9.17) is 11.6 Å². The molecular weight excluding hydrogens is 286 g/mol. The maximum Gasteiger partial charge on any atom is 0.0494 e. The van der Waals surface area contributed by atoms with Gasteiger partial charge in [-0.25, -0.2) is 0 Å². The third kappa shape index (κ3) is 3.99. The Hall–Kier alpha value is -0.210. The second-order valence-corrected chi connectivity index (χ2v) is 5.69. The summed E-state index contributed by atoms with van der Waals surface area (Å²) >= 11 is 9.45. The first-order valence-electron chi connectivity index (χ1n) is 5.60. The fourth-order valence-electron chi connectivity index (χ4n) is 1.58. The summed E-state index contributed by atoms with van der Waals surface area (Å²) in [7, 11) is 2.13. The number of anilines is 1. The molecule has 16 heavy (non-hydrogen) atoms. The maximum atomic E-state index is 5.95. The predicted octanol–water partition coefficient (Wildman–Crippen LogP) is 4.67. The summed E-state index contributed by atoms with van der Waals surface area (Å²) < 4.78 is 1.10. The van der Waals surface area contributed by atoms with Gasteiger partial charge in [-0.15, -0.1) is 11.6 Å². The molecule has 0 unspecified atom stereocenters. The highest BCUT2D eigenvalue weighted by atomic mass is 79.9. The van der Waals surface area contributed by atoms with Gasteiger partial charge in [0.25, 0.3) is 0 Å². The van der Waals surface area contributed by atoms with Gasteiger partial charge in [0.05, 0.1) is 0 Å². The number of benzene rings is 1. The van der Waals surface area contributed by atoms with Gasteiger partial charge in [-0.2, -0.15) is 0 Å². The minimum atomic E-state index is 0.564. The summed E-state index contributed by atoms with van der Waals surface area (Å²) in [6.45, 7) is 5.56. The fourth-order valence-corrected chi connectivity index (χ4v) is 2.15. The van der Waals surface area contributed by atoms with Crippen LogP contribution in [0.3, 0.4) is 0 Å². The lowest BCUT2D eigenvalue weighted by atomic mass is 10.1. The van der Waals surface area contributed by atoms with Crippen molar-refractivity contribution in [1.29, 1.82) is 0 Å². The molecule has 0 radical (unpaired) electrons. The van der Waals surface area contributed by atoms with Crippen molar-refractivity contribution >= 4 is 33.2 Å². The Balaban J connectivity index is 2.80. The molecule has 0 amide bonds. The molecule has 90 valence electrons. The molecular formula is C13H19BrClN. The molecule has 0 saturated heterocycles. The number of halogens is 2. The van der Waals surface area contributed by atoms with Gasteiger partial charge >= 0.3 is 0 Å². The summed E-state index contributed by atoms with van der Waals surface area (Å²) in [5, 5.41) is 0. The Kier molecular flexibility index (Phi) is 5.63. The molecule has 0 aliphatic carbocycles. The summed E-state index contributed by atoms with van der Waals surface area (Å²) in [6.07, 6.45) is 1.20. The first-order chi connectivity index (χ1) is 7.54. The first kappa shape index (κ1) is 13.9. The number of hydrogen-bond acceptors (Lipinski definition) is 1. The molecule has 0 spiro atoms. The van der Waals surface area contributed by atoms with Crippen LogP contribution in [0.25, 0.3) is 0 Å². The van der Waals surface area contributed by atoms with E-state index < -0.39 is 0 Å². The van der Waals surface area contributed by atoms with Gasteiger partial charge in [0, 0.05) is 29.6 Å². The average molecular weight is 305 g/mol. The Bertz CT molecular complexity index is 339. The van der Waals surface area contributed by atoms with Crippen molar-refractivity contribution in [2.75, 3.05) is 18.5 Å². The number of rotatable bonds is 5. The molecule has 1 nitrogen and oxygen atoms in total. The van der Waals surface area contributed by atoms with E-state index >= 15 is 0 Å². The van der Waals surface area contributed by atoms with Crippen molar-refractivity contribution < 1.29 is 0 Å². The van der Waals surface area contributed by atoms with Crippen LogP contribution in [0.1, 0.15) is 25.8 Å². The standard InChI is InChI=1S/C13H19BrClN/c1-10(2)6-7-16(3)13-8-12(14)5-4-11(13)9-15/h4-5,8,10H,6-7,9H2,1-3H3. The number of hydrogen-bond donors (Lipinski definition) is 0. The Morgan fingerprint density at radius 1 is 1.38 bits per heavy atom. The van der Waals surface area contributed by atoms with E-state index in [2.05, 4.69) is 53.9 Å². The van der Waals surface area contributed by atoms with Crippen LogP contribution in [0, 0.1) is 5.92 Å². The van der Waals surface area contributed by atoms with E-state index in [9.17, 15) is 0 Å². The van der Waals surface area contributed by atoms with E-state index in [0.717, 1.165) is 16.9 Å². The molecule has 0 aromatic heterocycles. The highest BCUT2D eigenvalue weighted by Crippen LogP contribution is 2.26. The van der Waals surface area contributed by atoms with Gasteiger partial charge in [-0.3, -0.25) is 0 Å². The van der Waals surface area contributed by atoms with Gasteiger partial charge in [0.15, 0.2) is 0 Å². The van der Waals surface area contributed by atoms with Crippen molar-refractivity contribution in [3.05, 3.63) is 28.2 Å². The zero-order chi connectivity index (χ0) is 12.1. The molecule has 1 aromatic rings. The molecule has 3 heteroatoms. The highest BCUT2D eigenvalue weighted by molar-refractivity contribution is 9.10. The molecule has 0 heterocycles. The van der Waals surface area contributed by atoms with Crippen LogP contribution in [-0.2, 0) is 5.88 Å². The molecule has 0 saturated carbocycles. The first-order valence-corrected chi connectivity index (χ1v) is 6.93.